The van der Waals surface area contributed by atoms with Crippen molar-refractivity contribution in [1.82, 2.24) is 13.6 Å². The van der Waals surface area contributed by atoms with Gasteiger partial charge < -0.3 is 4.90 Å². The molecule has 1 aromatic carbocycles. The molecule has 3 saturated heterocycles. The third-order valence-electron chi connectivity index (χ3n) is 5.33. The summed E-state index contributed by atoms with van der Waals surface area (Å²) in [6.45, 7) is 3.72. The van der Waals surface area contributed by atoms with Crippen molar-refractivity contribution in [2.45, 2.75) is 10.4 Å². The Kier molecular flexibility index (Phi) is 3.24. The van der Waals surface area contributed by atoms with Crippen molar-refractivity contribution in [3.05, 3.63) is 40.5 Å². The van der Waals surface area contributed by atoms with Gasteiger partial charge in [-0.25, -0.2) is 0 Å². The van der Waals surface area contributed by atoms with E-state index in [9.17, 15) is 0 Å². The first-order valence-electron chi connectivity index (χ1n) is 7.70. The van der Waals surface area contributed by atoms with Gasteiger partial charge in [0.15, 0.2) is 0 Å². The number of piperidine rings is 3. The number of benzene rings is 1. The van der Waals surface area contributed by atoms with Crippen molar-refractivity contribution in [3.63, 3.8) is 0 Å². The molecule has 0 spiro atoms. The Morgan fingerprint density at radius 2 is 2.22 bits per heavy atom. The molecule has 1 saturated carbocycles. The van der Waals surface area contributed by atoms with Crippen molar-refractivity contribution < 1.29 is 0 Å². The Labute approximate surface area is 148 Å². The number of nitrogens with zero attached hydrogens (tertiary/aromatic N) is 3. The van der Waals surface area contributed by atoms with Crippen LogP contribution in [0.1, 0.15) is 11.3 Å². The normalized spacial score (nSPS) is 32.7. The van der Waals surface area contributed by atoms with Gasteiger partial charge in [0.1, 0.15) is 5.03 Å². The van der Waals surface area contributed by atoms with E-state index in [-0.39, 0.29) is 0 Å². The van der Waals surface area contributed by atoms with Gasteiger partial charge in [0.05, 0.1) is 23.2 Å². The van der Waals surface area contributed by atoms with Crippen LogP contribution in [-0.2, 0) is 5.41 Å². The van der Waals surface area contributed by atoms with E-state index in [0.29, 0.717) is 5.41 Å². The first-order chi connectivity index (χ1) is 11.3. The molecule has 0 N–H and O–H groups in total. The second-order valence-corrected chi connectivity index (χ2v) is 8.40. The summed E-state index contributed by atoms with van der Waals surface area (Å²) in [6, 6.07) is 7.66. The predicted octanol–water partition coefficient (Wildman–Crippen LogP) is 3.15. The molecule has 116 valence electrons. The molecular formula is C17H14ClN3S2. The van der Waals surface area contributed by atoms with Crippen molar-refractivity contribution in [2.75, 3.05) is 25.4 Å². The first-order valence-corrected chi connectivity index (χ1v) is 9.79. The van der Waals surface area contributed by atoms with Crippen LogP contribution < -0.4 is 0 Å². The third-order valence-corrected chi connectivity index (χ3v) is 7.06. The van der Waals surface area contributed by atoms with Gasteiger partial charge in [0, 0.05) is 35.6 Å². The quantitative estimate of drug-likeness (QED) is 0.622. The lowest BCUT2D eigenvalue weighted by Crippen LogP contribution is -2.16. The summed E-state index contributed by atoms with van der Waals surface area (Å²) in [7, 11) is 0. The standard InChI is InChI=1S/C17H14ClN3S2/c18-12-5-1-3-11(7-12)4-2-6-22-16-15(19-23-20-16)17-10-21-8-13(17)14(17)9-21/h1,3,5,7,13-14H,6,8-10H2/t13-,14+,17?. The molecule has 2 unspecified atom stereocenters. The lowest BCUT2D eigenvalue weighted by Gasteiger charge is -2.08. The van der Waals surface area contributed by atoms with Crippen LogP contribution in [0.15, 0.2) is 29.3 Å². The number of halogens is 1. The Bertz CT molecular complexity index is 826. The zero-order chi connectivity index (χ0) is 15.4. The topological polar surface area (TPSA) is 29.0 Å². The smallest absolute Gasteiger partial charge is 0.135 e. The van der Waals surface area contributed by atoms with Gasteiger partial charge in [0.2, 0.25) is 0 Å². The van der Waals surface area contributed by atoms with Crippen LogP contribution in [0.4, 0.5) is 0 Å². The lowest BCUT2D eigenvalue weighted by molar-refractivity contribution is 0.405. The summed E-state index contributed by atoms with van der Waals surface area (Å²) in [5.74, 6) is 8.79. The van der Waals surface area contributed by atoms with Gasteiger partial charge in [-0.15, -0.1) is 0 Å². The van der Waals surface area contributed by atoms with Crippen LogP contribution in [0, 0.1) is 23.7 Å². The highest BCUT2D eigenvalue weighted by Crippen LogP contribution is 2.69. The monoisotopic (exact) mass is 359 g/mol. The minimum atomic E-state index is 0.343. The van der Waals surface area contributed by atoms with Crippen LogP contribution in [-0.4, -0.2) is 39.0 Å². The van der Waals surface area contributed by atoms with Crippen LogP contribution in [0.3, 0.4) is 0 Å². The fourth-order valence-corrected chi connectivity index (χ4v) is 6.10. The van der Waals surface area contributed by atoms with E-state index in [0.717, 1.165) is 33.2 Å². The minimum Gasteiger partial charge on any atom is -0.302 e. The molecule has 3 aliphatic heterocycles. The van der Waals surface area contributed by atoms with Crippen LogP contribution in [0.2, 0.25) is 5.02 Å². The third kappa shape index (κ3) is 2.16. The molecule has 4 atom stereocenters. The molecule has 0 amide bonds. The van der Waals surface area contributed by atoms with Gasteiger partial charge in [-0.1, -0.05) is 41.3 Å². The van der Waals surface area contributed by atoms with E-state index in [1.165, 1.54) is 37.1 Å². The maximum absolute atomic E-state index is 5.98. The van der Waals surface area contributed by atoms with Crippen molar-refractivity contribution in [3.8, 4) is 11.8 Å². The van der Waals surface area contributed by atoms with E-state index >= 15 is 0 Å². The number of thioether (sulfide) groups is 1. The molecule has 1 aromatic heterocycles. The summed E-state index contributed by atoms with van der Waals surface area (Å²) < 4.78 is 9.19. The molecule has 23 heavy (non-hydrogen) atoms. The van der Waals surface area contributed by atoms with Crippen molar-refractivity contribution in [2.24, 2.45) is 11.8 Å². The minimum absolute atomic E-state index is 0.343. The summed E-state index contributed by atoms with van der Waals surface area (Å²) in [4.78, 5) is 2.57. The maximum Gasteiger partial charge on any atom is 0.135 e. The van der Waals surface area contributed by atoms with E-state index in [2.05, 4.69) is 25.5 Å². The largest absolute Gasteiger partial charge is 0.302 e. The zero-order valence-electron chi connectivity index (χ0n) is 12.3. The van der Waals surface area contributed by atoms with Gasteiger partial charge in [-0.05, 0) is 30.0 Å². The van der Waals surface area contributed by atoms with Gasteiger partial charge in [0.25, 0.3) is 0 Å². The molecule has 4 fully saturated rings. The molecule has 4 aliphatic rings. The van der Waals surface area contributed by atoms with Gasteiger partial charge >= 0.3 is 0 Å². The second kappa shape index (κ2) is 5.22. The highest BCUT2D eigenvalue weighted by Gasteiger charge is 2.76. The lowest BCUT2D eigenvalue weighted by atomic mass is 10.0. The SMILES string of the molecule is Clc1cccc(C#CCSc2nsnc2C23CN4C[C@@H]2[C@@H]3C4)c1. The Hall–Kier alpha value is -1.06. The Balaban J connectivity index is 1.29. The van der Waals surface area contributed by atoms with E-state index in [1.54, 1.807) is 11.8 Å². The summed E-state index contributed by atoms with van der Waals surface area (Å²) in [5, 5.41) is 1.83. The highest BCUT2D eigenvalue weighted by atomic mass is 35.5. The fraction of sp³-hybridized carbons (Fsp3) is 0.412. The Morgan fingerprint density at radius 3 is 2.96 bits per heavy atom. The molecular weight excluding hydrogens is 346 g/mol. The van der Waals surface area contributed by atoms with Gasteiger partial charge in [-0.3, -0.25) is 0 Å². The summed E-state index contributed by atoms with van der Waals surface area (Å²) >= 11 is 9.05. The van der Waals surface area contributed by atoms with Crippen LogP contribution >= 0.6 is 35.1 Å². The molecule has 4 heterocycles. The zero-order valence-corrected chi connectivity index (χ0v) is 14.7. The van der Waals surface area contributed by atoms with Crippen LogP contribution in [0.5, 0.6) is 0 Å². The molecule has 6 heteroatoms. The number of hydrogen-bond acceptors (Lipinski definition) is 5. The van der Waals surface area contributed by atoms with E-state index in [1.807, 2.05) is 24.3 Å². The van der Waals surface area contributed by atoms with Crippen LogP contribution in [0.25, 0.3) is 0 Å². The molecule has 0 radical (unpaired) electrons. The summed E-state index contributed by atoms with van der Waals surface area (Å²) in [6.07, 6.45) is 0. The molecule has 2 aromatic rings. The average molecular weight is 360 g/mol. The Morgan fingerprint density at radius 1 is 1.35 bits per heavy atom. The number of hydrogen-bond donors (Lipinski definition) is 0. The van der Waals surface area contributed by atoms with Gasteiger partial charge in [-0.2, -0.15) is 8.75 Å². The highest BCUT2D eigenvalue weighted by molar-refractivity contribution is 7.99. The molecule has 1 aliphatic carbocycles. The molecule has 3 nitrogen and oxygen atoms in total. The number of aromatic nitrogens is 2. The molecule has 4 bridgehead atoms. The van der Waals surface area contributed by atoms with Crippen molar-refractivity contribution in [1.29, 1.82) is 0 Å². The van der Waals surface area contributed by atoms with Crippen molar-refractivity contribution >= 4 is 35.1 Å². The predicted molar refractivity (Wildman–Crippen MR) is 94.1 cm³/mol. The molecule has 6 rings (SSSR count). The summed E-state index contributed by atoms with van der Waals surface area (Å²) in [5.41, 5.74) is 2.56. The number of rotatable bonds is 3. The van der Waals surface area contributed by atoms with E-state index < -0.39 is 0 Å². The maximum atomic E-state index is 5.98. The second-order valence-electron chi connectivity index (χ2n) is 6.47. The fourth-order valence-electron chi connectivity index (χ4n) is 4.34. The van der Waals surface area contributed by atoms with E-state index in [4.69, 9.17) is 11.6 Å². The first kappa shape index (κ1) is 14.3. The average Bonchev–Trinajstić information content (AvgIpc) is 3.14.